The maximum atomic E-state index is 13.7. The number of rotatable bonds is 1. The Kier molecular flexibility index (Phi) is 3.08. The Bertz CT molecular complexity index is 417. The van der Waals surface area contributed by atoms with Gasteiger partial charge in [-0.05, 0) is 33.8 Å². The first-order valence-corrected chi connectivity index (χ1v) is 6.19. The van der Waals surface area contributed by atoms with Gasteiger partial charge in [-0.3, -0.25) is 0 Å². The summed E-state index contributed by atoms with van der Waals surface area (Å²) in [4.78, 5) is 3.62. The molecule has 92 valence electrons. The molecule has 2 rings (SSSR count). The van der Waals surface area contributed by atoms with Gasteiger partial charge in [-0.25, -0.2) is 4.98 Å². The van der Waals surface area contributed by atoms with Gasteiger partial charge in [0.25, 0.3) is 0 Å². The topological polar surface area (TPSA) is 31.4 Å². The van der Waals surface area contributed by atoms with E-state index in [9.17, 15) is 4.39 Å². The highest BCUT2D eigenvalue weighted by atomic mass is 79.9. The first-order valence-electron chi connectivity index (χ1n) is 5.40. The van der Waals surface area contributed by atoms with Crippen molar-refractivity contribution < 1.29 is 13.7 Å². The summed E-state index contributed by atoms with van der Waals surface area (Å²) in [5.41, 5.74) is -0.662. The number of hydrogen-bond acceptors (Lipinski definition) is 3. The van der Waals surface area contributed by atoms with E-state index in [1.165, 1.54) is 6.20 Å². The Labute approximate surface area is 109 Å². The van der Waals surface area contributed by atoms with Crippen LogP contribution < -0.4 is 5.46 Å². The van der Waals surface area contributed by atoms with Crippen molar-refractivity contribution in [1.29, 1.82) is 0 Å². The van der Waals surface area contributed by atoms with Crippen LogP contribution in [0.3, 0.4) is 0 Å². The van der Waals surface area contributed by atoms with Gasteiger partial charge in [-0.1, -0.05) is 15.9 Å². The molecule has 0 N–H and O–H groups in total. The minimum Gasteiger partial charge on any atom is -0.399 e. The van der Waals surface area contributed by atoms with Gasteiger partial charge in [0.1, 0.15) is 0 Å². The molecule has 2 heterocycles. The van der Waals surface area contributed by atoms with Crippen LogP contribution in [0.1, 0.15) is 27.7 Å². The third-order valence-corrected chi connectivity index (χ3v) is 4.07. The molecule has 1 fully saturated rings. The lowest BCUT2D eigenvalue weighted by atomic mass is 9.80. The number of halogens is 2. The monoisotopic (exact) mass is 301 g/mol. The first kappa shape index (κ1) is 13.0. The van der Waals surface area contributed by atoms with Crippen LogP contribution in [-0.4, -0.2) is 23.3 Å². The molecule has 0 radical (unpaired) electrons. The molecule has 6 heteroatoms. The largest absolute Gasteiger partial charge is 0.500 e. The van der Waals surface area contributed by atoms with Crippen LogP contribution in [0.4, 0.5) is 4.39 Å². The summed E-state index contributed by atoms with van der Waals surface area (Å²) in [7, 11) is -0.733. The van der Waals surface area contributed by atoms with Gasteiger partial charge in [0.05, 0.1) is 16.7 Å². The van der Waals surface area contributed by atoms with Crippen molar-refractivity contribution in [3.63, 3.8) is 0 Å². The molecule has 0 amide bonds. The molecule has 1 aliphatic rings. The van der Waals surface area contributed by atoms with Gasteiger partial charge >= 0.3 is 7.12 Å². The fourth-order valence-corrected chi connectivity index (χ4v) is 2.07. The summed E-state index contributed by atoms with van der Waals surface area (Å²) in [6, 6.07) is 1.67. The summed E-state index contributed by atoms with van der Waals surface area (Å²) in [5, 5.41) is 0. The quantitative estimate of drug-likeness (QED) is 0.589. The van der Waals surface area contributed by atoms with E-state index in [1.54, 1.807) is 6.07 Å². The smallest absolute Gasteiger partial charge is 0.399 e. The van der Waals surface area contributed by atoms with Gasteiger partial charge in [0.2, 0.25) is 5.95 Å². The molecule has 0 saturated carbocycles. The first-order chi connectivity index (χ1) is 7.74. The molecule has 1 aliphatic heterocycles. The van der Waals surface area contributed by atoms with Crippen LogP contribution in [0.25, 0.3) is 0 Å². The maximum Gasteiger partial charge on any atom is 0.500 e. The van der Waals surface area contributed by atoms with E-state index >= 15 is 0 Å². The van der Waals surface area contributed by atoms with Crippen LogP contribution >= 0.6 is 15.9 Å². The van der Waals surface area contributed by atoms with Crippen LogP contribution in [0.15, 0.2) is 16.7 Å². The van der Waals surface area contributed by atoms with Crippen LogP contribution in [0, 0.1) is 5.95 Å². The van der Waals surface area contributed by atoms with Crippen molar-refractivity contribution in [1.82, 2.24) is 4.98 Å². The highest BCUT2D eigenvalue weighted by molar-refractivity contribution is 9.10. The SMILES string of the molecule is CC1(C)OB(c2c(Br)ccnc2F)OC1(C)C. The van der Waals surface area contributed by atoms with Crippen molar-refractivity contribution in [3.8, 4) is 0 Å². The predicted octanol–water partition coefficient (Wildman–Crippen LogP) is 2.28. The molecule has 0 aliphatic carbocycles. The molecule has 1 aromatic heterocycles. The van der Waals surface area contributed by atoms with Gasteiger partial charge in [0.15, 0.2) is 0 Å². The Morgan fingerprint density at radius 1 is 1.24 bits per heavy atom. The van der Waals surface area contributed by atoms with Gasteiger partial charge in [-0.2, -0.15) is 4.39 Å². The van der Waals surface area contributed by atoms with Crippen molar-refractivity contribution in [2.24, 2.45) is 0 Å². The molecular weight excluding hydrogens is 288 g/mol. The Morgan fingerprint density at radius 3 is 2.24 bits per heavy atom. The van der Waals surface area contributed by atoms with Gasteiger partial charge in [-0.15, -0.1) is 0 Å². The molecule has 0 atom stereocenters. The molecule has 17 heavy (non-hydrogen) atoms. The summed E-state index contributed by atoms with van der Waals surface area (Å²) in [5.74, 6) is -0.571. The third-order valence-electron chi connectivity index (χ3n) is 3.38. The van der Waals surface area contributed by atoms with E-state index in [2.05, 4.69) is 20.9 Å². The predicted molar refractivity (Wildman–Crippen MR) is 67.6 cm³/mol. The summed E-state index contributed by atoms with van der Waals surface area (Å²) in [6.45, 7) is 7.70. The molecule has 1 saturated heterocycles. The molecule has 0 spiro atoms. The average Bonchev–Trinajstić information content (AvgIpc) is 2.35. The lowest BCUT2D eigenvalue weighted by molar-refractivity contribution is 0.00578. The van der Waals surface area contributed by atoms with E-state index in [0.717, 1.165) is 0 Å². The van der Waals surface area contributed by atoms with Gasteiger partial charge in [0, 0.05) is 10.7 Å². The Morgan fingerprint density at radius 2 is 1.76 bits per heavy atom. The van der Waals surface area contributed by atoms with E-state index in [0.29, 0.717) is 9.94 Å². The van der Waals surface area contributed by atoms with Crippen molar-refractivity contribution in [2.75, 3.05) is 0 Å². The minimum atomic E-state index is -0.733. The zero-order valence-electron chi connectivity index (χ0n) is 10.3. The summed E-state index contributed by atoms with van der Waals surface area (Å²) >= 11 is 3.29. The zero-order valence-corrected chi connectivity index (χ0v) is 11.8. The number of aromatic nitrogens is 1. The maximum absolute atomic E-state index is 13.7. The molecular formula is C11H14BBrFNO2. The zero-order chi connectivity index (χ0) is 12.8. The standard InChI is InChI=1S/C11H14BBrFNO2/c1-10(2)11(3,4)17-12(16-10)8-7(13)5-6-15-9(8)14/h5-6H,1-4H3. The van der Waals surface area contributed by atoms with Crippen LogP contribution in [0.5, 0.6) is 0 Å². The molecule has 3 nitrogen and oxygen atoms in total. The lowest BCUT2D eigenvalue weighted by Gasteiger charge is -2.32. The molecule has 0 aromatic carbocycles. The third kappa shape index (κ3) is 2.14. The fraction of sp³-hybridized carbons (Fsp3) is 0.545. The lowest BCUT2D eigenvalue weighted by Crippen LogP contribution is -2.41. The molecule has 1 aromatic rings. The fourth-order valence-electron chi connectivity index (χ4n) is 1.60. The second-order valence-electron chi connectivity index (χ2n) is 5.09. The second kappa shape index (κ2) is 4.04. The minimum absolute atomic E-state index is 0.311. The number of nitrogens with zero attached hydrogens (tertiary/aromatic N) is 1. The second-order valence-corrected chi connectivity index (χ2v) is 5.94. The highest BCUT2D eigenvalue weighted by Crippen LogP contribution is 2.37. The van der Waals surface area contributed by atoms with Crippen LogP contribution in [0.2, 0.25) is 0 Å². The van der Waals surface area contributed by atoms with Crippen molar-refractivity contribution >= 4 is 28.5 Å². The Balaban J connectivity index is 2.39. The van der Waals surface area contributed by atoms with E-state index in [4.69, 9.17) is 9.31 Å². The van der Waals surface area contributed by atoms with E-state index in [-0.39, 0.29) is 0 Å². The highest BCUT2D eigenvalue weighted by Gasteiger charge is 2.53. The Hall–Kier alpha value is -0.455. The van der Waals surface area contributed by atoms with Crippen molar-refractivity contribution in [3.05, 3.63) is 22.7 Å². The number of pyridine rings is 1. The molecule has 0 bridgehead atoms. The average molecular weight is 302 g/mol. The summed E-state index contributed by atoms with van der Waals surface area (Å²) in [6.07, 6.45) is 1.40. The molecule has 0 unspecified atom stereocenters. The number of hydrogen-bond donors (Lipinski definition) is 0. The van der Waals surface area contributed by atoms with E-state index in [1.807, 2.05) is 27.7 Å². The van der Waals surface area contributed by atoms with Crippen molar-refractivity contribution in [2.45, 2.75) is 38.9 Å². The summed E-state index contributed by atoms with van der Waals surface area (Å²) < 4.78 is 25.9. The van der Waals surface area contributed by atoms with Crippen LogP contribution in [-0.2, 0) is 9.31 Å². The normalized spacial score (nSPS) is 21.9. The van der Waals surface area contributed by atoms with E-state index < -0.39 is 24.3 Å². The van der Waals surface area contributed by atoms with Gasteiger partial charge < -0.3 is 9.31 Å².